The number of anilines is 2. The molecule has 0 saturated heterocycles. The van der Waals surface area contributed by atoms with E-state index < -0.39 is 11.6 Å². The van der Waals surface area contributed by atoms with Gasteiger partial charge in [-0.05, 0) is 43.5 Å². The molecule has 0 aromatic heterocycles. The van der Waals surface area contributed by atoms with Gasteiger partial charge in [0.15, 0.2) is 0 Å². The normalized spacial score (nSPS) is 16.8. The van der Waals surface area contributed by atoms with Crippen LogP contribution in [0, 0.1) is 11.6 Å². The van der Waals surface area contributed by atoms with Crippen molar-refractivity contribution in [2.45, 2.75) is 25.8 Å². The molecule has 0 saturated carbocycles. The molecule has 1 atom stereocenters. The van der Waals surface area contributed by atoms with Gasteiger partial charge in [0.05, 0.1) is 12.2 Å². The van der Waals surface area contributed by atoms with E-state index in [0.717, 1.165) is 30.7 Å². The zero-order valence-corrected chi connectivity index (χ0v) is 12.9. The third-order valence-corrected chi connectivity index (χ3v) is 4.18. The number of carbonyl (C=O) groups is 1. The number of nitrogens with zero attached hydrogens (tertiary/aromatic N) is 1. The molecule has 0 bridgehead atoms. The van der Waals surface area contributed by atoms with E-state index in [2.05, 4.69) is 18.3 Å². The molecule has 1 aliphatic heterocycles. The summed E-state index contributed by atoms with van der Waals surface area (Å²) < 4.78 is 26.6. The minimum Gasteiger partial charge on any atom is -0.359 e. The molecule has 0 spiro atoms. The molecule has 1 N–H and O–H groups in total. The minimum atomic E-state index is -0.773. The van der Waals surface area contributed by atoms with Crippen molar-refractivity contribution < 1.29 is 13.6 Å². The number of aryl methyl sites for hydroxylation is 1. The van der Waals surface area contributed by atoms with Gasteiger partial charge < -0.3 is 10.2 Å². The van der Waals surface area contributed by atoms with Crippen LogP contribution in [0.5, 0.6) is 0 Å². The average Bonchev–Trinajstić information content (AvgIpc) is 2.53. The lowest BCUT2D eigenvalue weighted by Crippen LogP contribution is -2.42. The van der Waals surface area contributed by atoms with Gasteiger partial charge in [0.25, 0.3) is 0 Å². The molecule has 0 aliphatic carbocycles. The van der Waals surface area contributed by atoms with Crippen LogP contribution in [0.25, 0.3) is 0 Å². The summed E-state index contributed by atoms with van der Waals surface area (Å²) in [7, 11) is 0. The van der Waals surface area contributed by atoms with Gasteiger partial charge in [0.1, 0.15) is 11.6 Å². The smallest absolute Gasteiger partial charge is 0.243 e. The van der Waals surface area contributed by atoms with Crippen LogP contribution in [0.15, 0.2) is 42.5 Å². The maximum Gasteiger partial charge on any atom is 0.243 e. The fourth-order valence-corrected chi connectivity index (χ4v) is 2.94. The van der Waals surface area contributed by atoms with E-state index in [1.165, 1.54) is 11.6 Å². The zero-order valence-electron chi connectivity index (χ0n) is 12.9. The largest absolute Gasteiger partial charge is 0.359 e. The highest BCUT2D eigenvalue weighted by atomic mass is 19.1. The molecule has 120 valence electrons. The number of hydrogen-bond donors (Lipinski definition) is 1. The summed E-state index contributed by atoms with van der Waals surface area (Å²) in [5.41, 5.74) is 2.25. The molecular weight excluding hydrogens is 298 g/mol. The summed E-state index contributed by atoms with van der Waals surface area (Å²) >= 11 is 0. The van der Waals surface area contributed by atoms with E-state index in [4.69, 9.17) is 0 Å². The Kier molecular flexibility index (Phi) is 4.28. The standard InChI is InChI=1S/C18H18F2N2O/c1-12-6-7-13-4-2-3-5-17(13)22(12)11-18(23)21-16-9-8-14(19)10-15(16)20/h2-5,8-10,12H,6-7,11H2,1H3,(H,21,23). The van der Waals surface area contributed by atoms with E-state index >= 15 is 0 Å². The van der Waals surface area contributed by atoms with Crippen molar-refractivity contribution in [1.29, 1.82) is 0 Å². The highest BCUT2D eigenvalue weighted by molar-refractivity contribution is 5.94. The van der Waals surface area contributed by atoms with Crippen molar-refractivity contribution >= 4 is 17.3 Å². The molecule has 5 heteroatoms. The Bertz CT molecular complexity index is 733. The number of nitrogens with one attached hydrogen (secondary N) is 1. The van der Waals surface area contributed by atoms with Gasteiger partial charge in [-0.2, -0.15) is 0 Å². The molecule has 2 aromatic carbocycles. The van der Waals surface area contributed by atoms with Crippen molar-refractivity contribution in [3.8, 4) is 0 Å². The van der Waals surface area contributed by atoms with Gasteiger partial charge in [-0.3, -0.25) is 4.79 Å². The number of benzene rings is 2. The number of para-hydroxylation sites is 1. The molecule has 1 unspecified atom stereocenters. The summed E-state index contributed by atoms with van der Waals surface area (Å²) in [6, 6.07) is 11.3. The topological polar surface area (TPSA) is 32.3 Å². The summed E-state index contributed by atoms with van der Waals surface area (Å²) in [6.07, 6.45) is 1.96. The Morgan fingerprint density at radius 2 is 2.04 bits per heavy atom. The predicted octanol–water partition coefficient (Wildman–Crippen LogP) is 3.74. The fourth-order valence-electron chi connectivity index (χ4n) is 2.94. The first-order valence-electron chi connectivity index (χ1n) is 7.64. The van der Waals surface area contributed by atoms with Crippen LogP contribution in [0.1, 0.15) is 18.9 Å². The maximum atomic E-state index is 13.6. The van der Waals surface area contributed by atoms with Crippen LogP contribution in [-0.2, 0) is 11.2 Å². The third-order valence-electron chi connectivity index (χ3n) is 4.18. The Morgan fingerprint density at radius 1 is 1.26 bits per heavy atom. The molecule has 2 aromatic rings. The molecule has 1 heterocycles. The average molecular weight is 316 g/mol. The van der Waals surface area contributed by atoms with Crippen LogP contribution >= 0.6 is 0 Å². The Morgan fingerprint density at radius 3 is 2.83 bits per heavy atom. The lowest BCUT2D eigenvalue weighted by atomic mass is 9.96. The SMILES string of the molecule is CC1CCc2ccccc2N1CC(=O)Nc1ccc(F)cc1F. The summed E-state index contributed by atoms with van der Waals surface area (Å²) in [5, 5.41) is 2.51. The third kappa shape index (κ3) is 3.33. The lowest BCUT2D eigenvalue weighted by molar-refractivity contribution is -0.115. The number of amides is 1. The number of hydrogen-bond acceptors (Lipinski definition) is 2. The summed E-state index contributed by atoms with van der Waals surface area (Å²) in [5.74, 6) is -1.76. The molecule has 23 heavy (non-hydrogen) atoms. The Labute approximate surface area is 133 Å². The number of halogens is 2. The molecule has 3 nitrogen and oxygen atoms in total. The zero-order chi connectivity index (χ0) is 16.4. The quantitative estimate of drug-likeness (QED) is 0.935. The van der Waals surface area contributed by atoms with Gasteiger partial charge in [-0.15, -0.1) is 0 Å². The van der Waals surface area contributed by atoms with Crippen molar-refractivity contribution in [3.63, 3.8) is 0 Å². The van der Waals surface area contributed by atoms with E-state index in [9.17, 15) is 13.6 Å². The Balaban J connectivity index is 1.75. The van der Waals surface area contributed by atoms with E-state index in [1.807, 2.05) is 23.1 Å². The second-order valence-electron chi connectivity index (χ2n) is 5.82. The van der Waals surface area contributed by atoms with Gasteiger partial charge in [0.2, 0.25) is 5.91 Å². The fraction of sp³-hybridized carbons (Fsp3) is 0.278. The number of rotatable bonds is 3. The van der Waals surface area contributed by atoms with Crippen LogP contribution in [0.3, 0.4) is 0 Å². The van der Waals surface area contributed by atoms with E-state index in [1.54, 1.807) is 0 Å². The van der Waals surface area contributed by atoms with Gasteiger partial charge >= 0.3 is 0 Å². The summed E-state index contributed by atoms with van der Waals surface area (Å²) in [4.78, 5) is 14.3. The van der Waals surface area contributed by atoms with Crippen LogP contribution in [-0.4, -0.2) is 18.5 Å². The highest BCUT2D eigenvalue weighted by Gasteiger charge is 2.24. The second kappa shape index (κ2) is 6.36. The highest BCUT2D eigenvalue weighted by Crippen LogP contribution is 2.30. The van der Waals surface area contributed by atoms with Gasteiger partial charge in [0, 0.05) is 17.8 Å². The molecule has 3 rings (SSSR count). The minimum absolute atomic E-state index is 0.00523. The van der Waals surface area contributed by atoms with Crippen molar-refractivity contribution in [2.75, 3.05) is 16.8 Å². The van der Waals surface area contributed by atoms with E-state index in [-0.39, 0.29) is 24.2 Å². The van der Waals surface area contributed by atoms with Gasteiger partial charge in [-0.25, -0.2) is 8.78 Å². The lowest BCUT2D eigenvalue weighted by Gasteiger charge is -2.36. The first kappa shape index (κ1) is 15.5. The summed E-state index contributed by atoms with van der Waals surface area (Å²) in [6.45, 7) is 2.21. The van der Waals surface area contributed by atoms with E-state index in [0.29, 0.717) is 0 Å². The Hall–Kier alpha value is -2.43. The first-order valence-corrected chi connectivity index (χ1v) is 7.64. The molecule has 1 amide bonds. The molecule has 0 radical (unpaired) electrons. The molecule has 1 aliphatic rings. The number of carbonyl (C=O) groups excluding carboxylic acids is 1. The van der Waals surface area contributed by atoms with Crippen molar-refractivity contribution in [3.05, 3.63) is 59.7 Å². The second-order valence-corrected chi connectivity index (χ2v) is 5.82. The molecular formula is C18H18F2N2O. The first-order chi connectivity index (χ1) is 11.0. The maximum absolute atomic E-state index is 13.6. The van der Waals surface area contributed by atoms with Crippen LogP contribution < -0.4 is 10.2 Å². The number of fused-ring (bicyclic) bond motifs is 1. The molecule has 0 fully saturated rings. The predicted molar refractivity (Wildman–Crippen MR) is 86.6 cm³/mol. The van der Waals surface area contributed by atoms with Crippen molar-refractivity contribution in [2.24, 2.45) is 0 Å². The van der Waals surface area contributed by atoms with Crippen LogP contribution in [0.4, 0.5) is 20.2 Å². The monoisotopic (exact) mass is 316 g/mol. The van der Waals surface area contributed by atoms with Crippen molar-refractivity contribution in [1.82, 2.24) is 0 Å². The van der Waals surface area contributed by atoms with Crippen LogP contribution in [0.2, 0.25) is 0 Å². The van der Waals surface area contributed by atoms with Gasteiger partial charge in [-0.1, -0.05) is 18.2 Å².